The fourth-order valence-corrected chi connectivity index (χ4v) is 10.5. The van der Waals surface area contributed by atoms with E-state index < -0.39 is 49.5 Å². The van der Waals surface area contributed by atoms with Gasteiger partial charge in [0.25, 0.3) is 0 Å². The SMILES string of the molecule is CCCCCCCCCCCCCC/C=C\CCCCCCCCCCCCCCCCCCC(=O)NC(COC1OC(CO)C(O)C(O)C1O)C(O)/C=C/CC/C=C/CCCCCCCCCCCCCCCC. The Kier molecular flexibility index (Phi) is 53.1. The maximum Gasteiger partial charge on any atom is 0.220 e. The highest BCUT2D eigenvalue weighted by Crippen LogP contribution is 2.23. The molecule has 0 aliphatic carbocycles. The first kappa shape index (κ1) is 71.4. The molecule has 0 aromatic rings. The molecule has 9 heteroatoms. The maximum absolute atomic E-state index is 13.1. The molecular weight excluding hydrogens is 935 g/mol. The van der Waals surface area contributed by atoms with Crippen LogP contribution in [0.3, 0.4) is 0 Å². The van der Waals surface area contributed by atoms with Gasteiger partial charge >= 0.3 is 0 Å². The highest BCUT2D eigenvalue weighted by Gasteiger charge is 2.44. The van der Waals surface area contributed by atoms with E-state index in [-0.39, 0.29) is 12.5 Å². The van der Waals surface area contributed by atoms with Gasteiger partial charge in [0, 0.05) is 6.42 Å². The van der Waals surface area contributed by atoms with Gasteiger partial charge < -0.3 is 40.3 Å². The summed E-state index contributed by atoms with van der Waals surface area (Å²) in [5.74, 6) is -0.181. The van der Waals surface area contributed by atoms with Crippen molar-refractivity contribution in [1.82, 2.24) is 5.32 Å². The van der Waals surface area contributed by atoms with Crippen molar-refractivity contribution in [3.63, 3.8) is 0 Å². The minimum atomic E-state index is -1.57. The number of carbonyl (C=O) groups is 1. The predicted octanol–water partition coefficient (Wildman–Crippen LogP) is 17.1. The van der Waals surface area contributed by atoms with Gasteiger partial charge in [-0.25, -0.2) is 0 Å². The molecule has 0 bridgehead atoms. The molecule has 1 amide bonds. The molecule has 442 valence electrons. The molecule has 6 N–H and O–H groups in total. The van der Waals surface area contributed by atoms with Crippen molar-refractivity contribution in [3.8, 4) is 0 Å². The van der Waals surface area contributed by atoms with Crippen LogP contribution in [0.5, 0.6) is 0 Å². The third-order valence-electron chi connectivity index (χ3n) is 15.7. The Hall–Kier alpha value is -1.59. The van der Waals surface area contributed by atoms with E-state index in [2.05, 4.69) is 43.5 Å². The smallest absolute Gasteiger partial charge is 0.220 e. The van der Waals surface area contributed by atoms with Gasteiger partial charge in [0.2, 0.25) is 5.91 Å². The quantitative estimate of drug-likeness (QED) is 0.0261. The van der Waals surface area contributed by atoms with E-state index in [9.17, 15) is 30.3 Å². The van der Waals surface area contributed by atoms with Crippen molar-refractivity contribution in [1.29, 1.82) is 0 Å². The van der Waals surface area contributed by atoms with Crippen LogP contribution >= 0.6 is 0 Å². The van der Waals surface area contributed by atoms with E-state index in [1.165, 1.54) is 263 Å². The van der Waals surface area contributed by atoms with E-state index >= 15 is 0 Å². The van der Waals surface area contributed by atoms with Crippen molar-refractivity contribution in [3.05, 3.63) is 36.5 Å². The number of aliphatic hydroxyl groups is 5. The minimum Gasteiger partial charge on any atom is -0.394 e. The van der Waals surface area contributed by atoms with Gasteiger partial charge in [-0.2, -0.15) is 0 Å². The van der Waals surface area contributed by atoms with Crippen LogP contribution in [-0.2, 0) is 14.3 Å². The molecule has 0 spiro atoms. The van der Waals surface area contributed by atoms with Crippen molar-refractivity contribution in [2.24, 2.45) is 0 Å². The molecule has 1 rings (SSSR count). The lowest BCUT2D eigenvalue weighted by Crippen LogP contribution is -2.60. The second-order valence-electron chi connectivity index (χ2n) is 22.9. The summed E-state index contributed by atoms with van der Waals surface area (Å²) in [7, 11) is 0. The number of carbonyl (C=O) groups excluding carboxylic acids is 1. The van der Waals surface area contributed by atoms with Crippen LogP contribution in [0.25, 0.3) is 0 Å². The number of hydrogen-bond acceptors (Lipinski definition) is 8. The third-order valence-corrected chi connectivity index (χ3v) is 15.7. The number of unbranched alkanes of at least 4 members (excludes halogenated alkanes) is 43. The largest absolute Gasteiger partial charge is 0.394 e. The number of rotatable bonds is 57. The zero-order valence-electron chi connectivity index (χ0n) is 49.3. The highest BCUT2D eigenvalue weighted by molar-refractivity contribution is 5.76. The van der Waals surface area contributed by atoms with E-state index in [0.717, 1.165) is 38.5 Å². The molecule has 1 aliphatic heterocycles. The van der Waals surface area contributed by atoms with Gasteiger partial charge in [0.15, 0.2) is 6.29 Å². The molecule has 0 aromatic heterocycles. The molecule has 7 atom stereocenters. The van der Waals surface area contributed by atoms with Crippen molar-refractivity contribution >= 4 is 5.91 Å². The molecule has 0 aromatic carbocycles. The molecule has 1 fully saturated rings. The third kappa shape index (κ3) is 44.9. The van der Waals surface area contributed by atoms with E-state index in [4.69, 9.17) is 9.47 Å². The molecule has 1 aliphatic rings. The lowest BCUT2D eigenvalue weighted by Gasteiger charge is -2.40. The number of nitrogens with one attached hydrogen (secondary N) is 1. The minimum absolute atomic E-state index is 0.181. The highest BCUT2D eigenvalue weighted by atomic mass is 16.7. The van der Waals surface area contributed by atoms with Crippen LogP contribution in [0.1, 0.15) is 322 Å². The molecular formula is C66H125NO8. The van der Waals surface area contributed by atoms with Gasteiger partial charge in [-0.3, -0.25) is 4.79 Å². The molecule has 0 saturated carbocycles. The Balaban J connectivity index is 2.14. The Morgan fingerprint density at radius 2 is 0.760 bits per heavy atom. The summed E-state index contributed by atoms with van der Waals surface area (Å²) >= 11 is 0. The Morgan fingerprint density at radius 3 is 1.12 bits per heavy atom. The second kappa shape index (κ2) is 55.7. The molecule has 9 nitrogen and oxygen atoms in total. The standard InChI is InChI=1S/C66H125NO8/c1-3-5-7-9-11-13-15-17-19-21-23-25-26-27-28-29-30-31-32-33-34-35-36-38-40-42-44-46-48-50-52-54-56-62(70)67-59(58-74-66-65(73)64(72)63(71)61(57-68)75-66)60(69)55-53-51-49-47-45-43-41-39-37-24-22-20-18-16-14-12-10-8-6-4-2/h27-28,45,47,53,55,59-61,63-66,68-69,71-73H,3-26,29-44,46,48-52,54,56-58H2,1-2H3,(H,67,70)/b28-27-,47-45+,55-53+. The summed E-state index contributed by atoms with van der Waals surface area (Å²) in [5.41, 5.74) is 0. The predicted molar refractivity (Wildman–Crippen MR) is 318 cm³/mol. The zero-order valence-corrected chi connectivity index (χ0v) is 49.3. The second-order valence-corrected chi connectivity index (χ2v) is 22.9. The summed E-state index contributed by atoms with van der Waals surface area (Å²) in [6, 6.07) is -0.821. The molecule has 7 unspecified atom stereocenters. The topological polar surface area (TPSA) is 149 Å². The van der Waals surface area contributed by atoms with Crippen LogP contribution in [0.2, 0.25) is 0 Å². The number of hydrogen-bond donors (Lipinski definition) is 6. The summed E-state index contributed by atoms with van der Waals surface area (Å²) in [6.45, 7) is 3.81. The van der Waals surface area contributed by atoms with Crippen LogP contribution in [-0.4, -0.2) is 87.5 Å². The normalized spacial score (nSPS) is 19.1. The number of ether oxygens (including phenoxy) is 2. The number of amides is 1. The molecule has 75 heavy (non-hydrogen) atoms. The first-order valence-electron chi connectivity index (χ1n) is 32.7. The number of allylic oxidation sites excluding steroid dienone is 5. The fraction of sp³-hybridized carbons (Fsp3) is 0.894. The lowest BCUT2D eigenvalue weighted by molar-refractivity contribution is -0.302. The maximum atomic E-state index is 13.1. The number of aliphatic hydroxyl groups excluding tert-OH is 5. The van der Waals surface area contributed by atoms with Gasteiger partial charge in [0.05, 0.1) is 25.4 Å². The lowest BCUT2D eigenvalue weighted by atomic mass is 9.99. The Bertz CT molecular complexity index is 1270. The average Bonchev–Trinajstić information content (AvgIpc) is 3.41. The van der Waals surface area contributed by atoms with Gasteiger partial charge in [0.1, 0.15) is 24.4 Å². The first-order valence-corrected chi connectivity index (χ1v) is 32.7. The van der Waals surface area contributed by atoms with Crippen LogP contribution in [0.15, 0.2) is 36.5 Å². The van der Waals surface area contributed by atoms with Crippen LogP contribution in [0.4, 0.5) is 0 Å². The summed E-state index contributed by atoms with van der Waals surface area (Å²) < 4.78 is 11.3. The molecule has 1 saturated heterocycles. The van der Waals surface area contributed by atoms with Crippen molar-refractivity contribution < 1.29 is 39.8 Å². The Labute approximate surface area is 463 Å². The van der Waals surface area contributed by atoms with Crippen LogP contribution in [0, 0.1) is 0 Å². The summed E-state index contributed by atoms with van der Waals surface area (Å²) in [5, 5.41) is 54.6. The van der Waals surface area contributed by atoms with Gasteiger partial charge in [-0.05, 0) is 57.8 Å². The van der Waals surface area contributed by atoms with Crippen molar-refractivity contribution in [2.45, 2.75) is 365 Å². The fourth-order valence-electron chi connectivity index (χ4n) is 10.5. The van der Waals surface area contributed by atoms with Crippen molar-refractivity contribution in [2.75, 3.05) is 13.2 Å². The van der Waals surface area contributed by atoms with Gasteiger partial charge in [-0.15, -0.1) is 0 Å². The monoisotopic (exact) mass is 1060 g/mol. The van der Waals surface area contributed by atoms with E-state index in [1.807, 2.05) is 6.08 Å². The van der Waals surface area contributed by atoms with E-state index in [1.54, 1.807) is 6.08 Å². The zero-order chi connectivity index (χ0) is 54.3. The Morgan fingerprint density at radius 1 is 0.440 bits per heavy atom. The van der Waals surface area contributed by atoms with Crippen LogP contribution < -0.4 is 5.32 Å². The summed E-state index contributed by atoms with van der Waals surface area (Å²) in [4.78, 5) is 13.1. The molecule has 1 heterocycles. The first-order chi connectivity index (χ1) is 36.8. The summed E-state index contributed by atoms with van der Waals surface area (Å²) in [6.07, 6.45) is 66.7. The molecule has 0 radical (unpaired) electrons. The average molecular weight is 1060 g/mol. The van der Waals surface area contributed by atoms with E-state index in [0.29, 0.717) is 6.42 Å². The van der Waals surface area contributed by atoms with Gasteiger partial charge in [-0.1, -0.05) is 294 Å².